The number of halogens is 2. The number of rotatable bonds is 5. The van der Waals surface area contributed by atoms with Crippen LogP contribution in [0.5, 0.6) is 5.75 Å². The first-order valence-corrected chi connectivity index (χ1v) is 5.48. The maximum Gasteiger partial charge on any atom is 0.165 e. The van der Waals surface area contributed by atoms with Crippen molar-refractivity contribution in [1.29, 1.82) is 0 Å². The lowest BCUT2D eigenvalue weighted by molar-refractivity contribution is 0.328. The second kappa shape index (κ2) is 6.51. The summed E-state index contributed by atoms with van der Waals surface area (Å²) in [7, 11) is 0. The van der Waals surface area contributed by atoms with Gasteiger partial charge < -0.3 is 10.5 Å². The van der Waals surface area contributed by atoms with Crippen molar-refractivity contribution in [3.63, 3.8) is 0 Å². The fourth-order valence-corrected chi connectivity index (χ4v) is 1.35. The molecule has 88 valence electrons. The Hall–Kier alpha value is -1.06. The summed E-state index contributed by atoms with van der Waals surface area (Å²) in [5.74, 6) is -0.0980. The van der Waals surface area contributed by atoms with Crippen LogP contribution < -0.4 is 10.5 Å². The van der Waals surface area contributed by atoms with Gasteiger partial charge in [-0.15, -0.1) is 0 Å². The molecule has 0 spiro atoms. The van der Waals surface area contributed by atoms with E-state index in [1.807, 2.05) is 13.0 Å². The highest BCUT2D eigenvalue weighted by molar-refractivity contribution is 6.25. The van der Waals surface area contributed by atoms with Crippen molar-refractivity contribution in [3.05, 3.63) is 40.7 Å². The Kier molecular flexibility index (Phi) is 5.29. The number of nitrogens with two attached hydrogens (primary N) is 1. The Morgan fingerprint density at radius 2 is 2.31 bits per heavy atom. The maximum atomic E-state index is 13.5. The van der Waals surface area contributed by atoms with Crippen molar-refractivity contribution in [2.24, 2.45) is 5.73 Å². The third kappa shape index (κ3) is 3.51. The van der Waals surface area contributed by atoms with Crippen LogP contribution in [0.25, 0.3) is 0 Å². The molecule has 4 heteroatoms. The van der Waals surface area contributed by atoms with Crippen LogP contribution in [-0.2, 0) is 6.42 Å². The molecule has 0 bridgehead atoms. The quantitative estimate of drug-likeness (QED) is 0.863. The SMILES string of the molecule is C/C(=C/Cl)COc1c(F)cccc1CCN. The van der Waals surface area contributed by atoms with Crippen LogP contribution in [0.15, 0.2) is 29.3 Å². The molecular formula is C12H15ClFNO. The van der Waals surface area contributed by atoms with E-state index < -0.39 is 0 Å². The topological polar surface area (TPSA) is 35.2 Å². The molecule has 2 nitrogen and oxygen atoms in total. The van der Waals surface area contributed by atoms with E-state index in [0.717, 1.165) is 11.1 Å². The van der Waals surface area contributed by atoms with Crippen molar-refractivity contribution in [1.82, 2.24) is 0 Å². The van der Waals surface area contributed by atoms with Gasteiger partial charge in [-0.25, -0.2) is 4.39 Å². The first-order valence-electron chi connectivity index (χ1n) is 5.05. The van der Waals surface area contributed by atoms with Crippen LogP contribution in [0.3, 0.4) is 0 Å². The fourth-order valence-electron chi connectivity index (χ4n) is 1.29. The molecule has 0 aliphatic carbocycles. The minimum Gasteiger partial charge on any atom is -0.486 e. The van der Waals surface area contributed by atoms with Crippen molar-refractivity contribution >= 4 is 11.6 Å². The molecule has 0 aliphatic rings. The molecule has 0 heterocycles. The van der Waals surface area contributed by atoms with E-state index in [9.17, 15) is 4.39 Å². The number of para-hydroxylation sites is 1. The van der Waals surface area contributed by atoms with Crippen molar-refractivity contribution in [2.45, 2.75) is 13.3 Å². The zero-order valence-corrected chi connectivity index (χ0v) is 9.93. The first-order chi connectivity index (χ1) is 7.69. The molecule has 1 rings (SSSR count). The summed E-state index contributed by atoms with van der Waals surface area (Å²) in [4.78, 5) is 0. The standard InChI is InChI=1S/C12H15ClFNO/c1-9(7-13)8-16-12-10(5-6-15)3-2-4-11(12)14/h2-4,7H,5-6,8,15H2,1H3/b9-7-. The van der Waals surface area contributed by atoms with Gasteiger partial charge in [0.1, 0.15) is 6.61 Å². The summed E-state index contributed by atoms with van der Waals surface area (Å²) >= 11 is 5.50. The summed E-state index contributed by atoms with van der Waals surface area (Å²) in [5, 5.41) is 0. The van der Waals surface area contributed by atoms with E-state index in [4.69, 9.17) is 22.1 Å². The van der Waals surface area contributed by atoms with Crippen LogP contribution >= 0.6 is 11.6 Å². The number of ether oxygens (including phenoxy) is 1. The minimum atomic E-state index is -0.367. The minimum absolute atomic E-state index is 0.269. The van der Waals surface area contributed by atoms with Crippen LogP contribution in [0.1, 0.15) is 12.5 Å². The highest BCUT2D eigenvalue weighted by Gasteiger charge is 2.09. The van der Waals surface area contributed by atoms with E-state index in [1.165, 1.54) is 11.6 Å². The lowest BCUT2D eigenvalue weighted by Gasteiger charge is -2.11. The molecule has 0 fully saturated rings. The number of hydrogen-bond acceptors (Lipinski definition) is 2. The van der Waals surface area contributed by atoms with Crippen LogP contribution in [0, 0.1) is 5.82 Å². The fraction of sp³-hybridized carbons (Fsp3) is 0.333. The van der Waals surface area contributed by atoms with Gasteiger partial charge in [0.15, 0.2) is 11.6 Å². The van der Waals surface area contributed by atoms with Gasteiger partial charge in [-0.3, -0.25) is 0 Å². The average molecular weight is 244 g/mol. The van der Waals surface area contributed by atoms with Crippen molar-refractivity contribution in [3.8, 4) is 5.75 Å². The Balaban J connectivity index is 2.83. The Morgan fingerprint density at radius 1 is 1.56 bits per heavy atom. The highest BCUT2D eigenvalue weighted by atomic mass is 35.5. The molecule has 0 unspecified atom stereocenters. The van der Waals surface area contributed by atoms with E-state index in [2.05, 4.69) is 0 Å². The molecule has 0 saturated heterocycles. The van der Waals surface area contributed by atoms with Crippen molar-refractivity contribution in [2.75, 3.05) is 13.2 Å². The largest absolute Gasteiger partial charge is 0.486 e. The molecule has 0 amide bonds. The summed E-state index contributed by atoms with van der Waals surface area (Å²) in [5.41, 5.74) is 8.49. The summed E-state index contributed by atoms with van der Waals surface area (Å²) in [6.45, 7) is 2.56. The third-order valence-electron chi connectivity index (χ3n) is 2.09. The summed E-state index contributed by atoms with van der Waals surface area (Å²) in [6, 6.07) is 4.83. The van der Waals surface area contributed by atoms with E-state index >= 15 is 0 Å². The van der Waals surface area contributed by atoms with Crippen LogP contribution in [0.2, 0.25) is 0 Å². The second-order valence-corrected chi connectivity index (χ2v) is 3.73. The lowest BCUT2D eigenvalue weighted by atomic mass is 10.1. The number of hydrogen-bond donors (Lipinski definition) is 1. The molecule has 16 heavy (non-hydrogen) atoms. The van der Waals surface area contributed by atoms with Gasteiger partial charge in [0.25, 0.3) is 0 Å². The Labute approximate surface area is 99.9 Å². The zero-order chi connectivity index (χ0) is 12.0. The van der Waals surface area contributed by atoms with Crippen molar-refractivity contribution < 1.29 is 9.13 Å². The maximum absolute atomic E-state index is 13.5. The molecule has 0 radical (unpaired) electrons. The Morgan fingerprint density at radius 3 is 2.94 bits per heavy atom. The van der Waals surface area contributed by atoms with Gasteiger partial charge in [-0.2, -0.15) is 0 Å². The normalized spacial score (nSPS) is 11.6. The highest BCUT2D eigenvalue weighted by Crippen LogP contribution is 2.23. The molecule has 2 N–H and O–H groups in total. The van der Waals surface area contributed by atoms with E-state index in [1.54, 1.807) is 6.07 Å². The molecule has 0 aromatic heterocycles. The molecule has 0 saturated carbocycles. The number of benzene rings is 1. The van der Waals surface area contributed by atoms with Crippen LogP contribution in [0.4, 0.5) is 4.39 Å². The van der Waals surface area contributed by atoms with Gasteiger partial charge in [0.2, 0.25) is 0 Å². The molecule has 0 aliphatic heterocycles. The summed E-state index contributed by atoms with van der Waals surface area (Å²) in [6.07, 6.45) is 0.594. The zero-order valence-electron chi connectivity index (χ0n) is 9.17. The van der Waals surface area contributed by atoms with E-state index in [0.29, 0.717) is 13.0 Å². The lowest BCUT2D eigenvalue weighted by Crippen LogP contribution is -2.07. The van der Waals surface area contributed by atoms with Gasteiger partial charge in [-0.05, 0) is 37.1 Å². The average Bonchev–Trinajstić information content (AvgIpc) is 2.28. The van der Waals surface area contributed by atoms with Gasteiger partial charge >= 0.3 is 0 Å². The predicted molar refractivity (Wildman–Crippen MR) is 64.3 cm³/mol. The van der Waals surface area contributed by atoms with E-state index in [-0.39, 0.29) is 18.2 Å². The first kappa shape index (κ1) is 13.0. The monoisotopic (exact) mass is 243 g/mol. The van der Waals surface area contributed by atoms with Gasteiger partial charge in [0.05, 0.1) is 0 Å². The molecule has 1 aromatic rings. The predicted octanol–water partition coefficient (Wildman–Crippen LogP) is 2.85. The van der Waals surface area contributed by atoms with Crippen LogP contribution in [-0.4, -0.2) is 13.2 Å². The smallest absolute Gasteiger partial charge is 0.165 e. The third-order valence-corrected chi connectivity index (χ3v) is 2.47. The molecular weight excluding hydrogens is 229 g/mol. The van der Waals surface area contributed by atoms with Gasteiger partial charge in [0, 0.05) is 5.54 Å². The second-order valence-electron chi connectivity index (χ2n) is 3.51. The molecule has 0 atom stereocenters. The Bertz CT molecular complexity index is 379. The summed E-state index contributed by atoms with van der Waals surface area (Å²) < 4.78 is 18.9. The molecule has 1 aromatic carbocycles. The van der Waals surface area contributed by atoms with Gasteiger partial charge in [-0.1, -0.05) is 23.7 Å².